The summed E-state index contributed by atoms with van der Waals surface area (Å²) in [6, 6.07) is 0. The summed E-state index contributed by atoms with van der Waals surface area (Å²) >= 11 is 0. The summed E-state index contributed by atoms with van der Waals surface area (Å²) < 4.78 is 5.41. The van der Waals surface area contributed by atoms with Gasteiger partial charge < -0.3 is 9.84 Å². The Morgan fingerprint density at radius 2 is 2.06 bits per heavy atom. The van der Waals surface area contributed by atoms with Crippen molar-refractivity contribution in [1.29, 1.82) is 0 Å². The summed E-state index contributed by atoms with van der Waals surface area (Å²) in [5, 5.41) is 9.28. The molecule has 0 aromatic carbocycles. The van der Waals surface area contributed by atoms with Gasteiger partial charge in [0, 0.05) is 6.61 Å². The van der Waals surface area contributed by atoms with Crippen molar-refractivity contribution in [3.63, 3.8) is 0 Å². The first-order chi connectivity index (χ1) is 7.84. The van der Waals surface area contributed by atoms with E-state index in [1.807, 2.05) is 20.8 Å². The number of hydrogen-bond acceptors (Lipinski definition) is 5. The highest BCUT2D eigenvalue weighted by Crippen LogP contribution is 2.39. The Hall–Kier alpha value is -0.650. The minimum absolute atomic E-state index is 0.123. The first kappa shape index (κ1) is 12.8. The second-order valence-corrected chi connectivity index (χ2v) is 6.26. The Kier molecular flexibility index (Phi) is 3.18. The fourth-order valence-corrected chi connectivity index (χ4v) is 2.56. The van der Waals surface area contributed by atoms with E-state index in [9.17, 15) is 9.90 Å². The van der Waals surface area contributed by atoms with Gasteiger partial charge in [-0.15, -0.1) is 0 Å². The van der Waals surface area contributed by atoms with Gasteiger partial charge in [-0.3, -0.25) is 4.79 Å². The molecule has 2 aliphatic rings. The number of carbonyl (C=O) groups excluding carboxylic acids is 1. The predicted octanol–water partition coefficient (Wildman–Crippen LogP) is 0.541. The third-order valence-electron chi connectivity index (χ3n) is 3.33. The summed E-state index contributed by atoms with van der Waals surface area (Å²) in [7, 11) is 0. The lowest BCUT2D eigenvalue weighted by atomic mass is 9.77. The van der Waals surface area contributed by atoms with E-state index in [1.165, 1.54) is 0 Å². The van der Waals surface area contributed by atoms with Crippen LogP contribution in [0.3, 0.4) is 0 Å². The number of ether oxygens (including phenoxy) is 1. The summed E-state index contributed by atoms with van der Waals surface area (Å²) in [5.74, 6) is -0.100. The molecule has 1 heterocycles. The lowest BCUT2D eigenvalue weighted by molar-refractivity contribution is -0.162. The maximum absolute atomic E-state index is 12.0. The molecule has 0 bridgehead atoms. The van der Waals surface area contributed by atoms with Crippen molar-refractivity contribution in [2.45, 2.75) is 51.3 Å². The molecule has 1 saturated heterocycles. The molecule has 1 aliphatic carbocycles. The van der Waals surface area contributed by atoms with Crippen molar-refractivity contribution < 1.29 is 14.6 Å². The fourth-order valence-electron chi connectivity index (χ4n) is 2.56. The number of rotatable bonds is 2. The van der Waals surface area contributed by atoms with Gasteiger partial charge in [0.1, 0.15) is 5.60 Å². The van der Waals surface area contributed by atoms with Crippen LogP contribution >= 0.6 is 0 Å². The van der Waals surface area contributed by atoms with Crippen LogP contribution in [0.1, 0.15) is 40.0 Å². The standard InChI is InChI=1S/C12H22N2O3/c1-11(2,3)17-10(16)9-4-8(7-15)5-12(6-9)13-14-12/h8-9,13-15H,4-7H2,1-3H3/t8-,9-/m1/s1. The number of nitrogens with one attached hydrogen (secondary N) is 2. The monoisotopic (exact) mass is 242 g/mol. The van der Waals surface area contributed by atoms with Gasteiger partial charge in [0.25, 0.3) is 0 Å². The third-order valence-corrected chi connectivity index (χ3v) is 3.33. The van der Waals surface area contributed by atoms with Crippen molar-refractivity contribution in [3.8, 4) is 0 Å². The van der Waals surface area contributed by atoms with Crippen LogP contribution in [0.4, 0.5) is 0 Å². The zero-order valence-electron chi connectivity index (χ0n) is 10.7. The summed E-state index contributed by atoms with van der Waals surface area (Å²) in [5.41, 5.74) is 5.61. The van der Waals surface area contributed by atoms with E-state index in [0.717, 1.165) is 19.3 Å². The lowest BCUT2D eigenvalue weighted by Gasteiger charge is -2.33. The van der Waals surface area contributed by atoms with Crippen LogP contribution < -0.4 is 10.9 Å². The van der Waals surface area contributed by atoms with Gasteiger partial charge in [-0.25, -0.2) is 10.9 Å². The number of aliphatic hydroxyl groups is 1. The van der Waals surface area contributed by atoms with Crippen LogP contribution in [0.5, 0.6) is 0 Å². The third kappa shape index (κ3) is 3.18. The van der Waals surface area contributed by atoms with Gasteiger partial charge in [-0.05, 0) is 46.0 Å². The average molecular weight is 242 g/mol. The van der Waals surface area contributed by atoms with Crippen molar-refractivity contribution in [1.82, 2.24) is 10.9 Å². The van der Waals surface area contributed by atoms with E-state index >= 15 is 0 Å². The molecule has 98 valence electrons. The average Bonchev–Trinajstić information content (AvgIpc) is 2.94. The Bertz CT molecular complexity index is 307. The summed E-state index contributed by atoms with van der Waals surface area (Å²) in [6.45, 7) is 5.76. The number of aliphatic hydroxyl groups excluding tert-OH is 1. The number of esters is 1. The predicted molar refractivity (Wildman–Crippen MR) is 62.8 cm³/mol. The molecule has 3 N–H and O–H groups in total. The van der Waals surface area contributed by atoms with E-state index < -0.39 is 5.60 Å². The van der Waals surface area contributed by atoms with Crippen LogP contribution in [-0.2, 0) is 9.53 Å². The Labute approximate surface area is 102 Å². The molecule has 1 spiro atoms. The van der Waals surface area contributed by atoms with E-state index in [4.69, 9.17) is 4.74 Å². The highest BCUT2D eigenvalue weighted by Gasteiger charge is 2.50. The molecular weight excluding hydrogens is 220 g/mol. The van der Waals surface area contributed by atoms with Crippen LogP contribution in [0.15, 0.2) is 0 Å². The molecule has 2 rings (SSSR count). The zero-order valence-corrected chi connectivity index (χ0v) is 10.7. The minimum atomic E-state index is -0.444. The molecule has 2 atom stereocenters. The van der Waals surface area contributed by atoms with Gasteiger partial charge >= 0.3 is 5.97 Å². The summed E-state index contributed by atoms with van der Waals surface area (Å²) in [4.78, 5) is 12.0. The maximum atomic E-state index is 12.0. The van der Waals surface area contributed by atoms with E-state index in [2.05, 4.69) is 10.9 Å². The van der Waals surface area contributed by atoms with Crippen LogP contribution in [0.25, 0.3) is 0 Å². The molecular formula is C12H22N2O3. The second kappa shape index (κ2) is 4.23. The van der Waals surface area contributed by atoms with E-state index in [1.54, 1.807) is 0 Å². The Morgan fingerprint density at radius 1 is 1.41 bits per heavy atom. The second-order valence-electron chi connectivity index (χ2n) is 6.26. The molecule has 1 aliphatic heterocycles. The molecule has 0 unspecified atom stereocenters. The Morgan fingerprint density at radius 3 is 2.53 bits per heavy atom. The molecule has 0 radical (unpaired) electrons. The maximum Gasteiger partial charge on any atom is 0.309 e. The largest absolute Gasteiger partial charge is 0.460 e. The number of hydrazine groups is 1. The van der Waals surface area contributed by atoms with Crippen molar-refractivity contribution >= 4 is 5.97 Å². The van der Waals surface area contributed by atoms with Gasteiger partial charge in [-0.2, -0.15) is 0 Å². The van der Waals surface area contributed by atoms with Gasteiger partial charge in [0.05, 0.1) is 11.6 Å². The van der Waals surface area contributed by atoms with Gasteiger partial charge in [0.2, 0.25) is 0 Å². The molecule has 17 heavy (non-hydrogen) atoms. The van der Waals surface area contributed by atoms with E-state index in [-0.39, 0.29) is 30.1 Å². The summed E-state index contributed by atoms with van der Waals surface area (Å²) in [6.07, 6.45) is 2.34. The SMILES string of the molecule is CC(C)(C)OC(=O)[C@@H]1C[C@@H](CO)CC2(C1)NN2. The molecule has 5 nitrogen and oxygen atoms in total. The quantitative estimate of drug-likeness (QED) is 0.485. The molecule has 0 aromatic rings. The van der Waals surface area contributed by atoms with Crippen LogP contribution in [-0.4, -0.2) is 28.9 Å². The van der Waals surface area contributed by atoms with Gasteiger partial charge in [-0.1, -0.05) is 0 Å². The lowest BCUT2D eigenvalue weighted by Crippen LogP contribution is -2.39. The first-order valence-electron chi connectivity index (χ1n) is 6.22. The molecule has 1 saturated carbocycles. The Balaban J connectivity index is 1.98. The minimum Gasteiger partial charge on any atom is -0.460 e. The highest BCUT2D eigenvalue weighted by molar-refractivity contribution is 5.73. The van der Waals surface area contributed by atoms with Crippen molar-refractivity contribution in [2.24, 2.45) is 11.8 Å². The van der Waals surface area contributed by atoms with Crippen molar-refractivity contribution in [2.75, 3.05) is 6.61 Å². The smallest absolute Gasteiger partial charge is 0.309 e. The molecule has 2 fully saturated rings. The fraction of sp³-hybridized carbons (Fsp3) is 0.917. The highest BCUT2D eigenvalue weighted by atomic mass is 16.6. The van der Waals surface area contributed by atoms with Crippen LogP contribution in [0.2, 0.25) is 0 Å². The van der Waals surface area contributed by atoms with E-state index in [0.29, 0.717) is 0 Å². The topological polar surface area (TPSA) is 90.4 Å². The number of hydrogen-bond donors (Lipinski definition) is 3. The number of carbonyl (C=O) groups is 1. The molecule has 5 heteroatoms. The van der Waals surface area contributed by atoms with Crippen LogP contribution in [0, 0.1) is 11.8 Å². The molecule has 0 amide bonds. The molecule has 0 aromatic heterocycles. The zero-order chi connectivity index (χ0) is 12.7. The normalized spacial score (nSPS) is 31.3. The van der Waals surface area contributed by atoms with Crippen molar-refractivity contribution in [3.05, 3.63) is 0 Å². The van der Waals surface area contributed by atoms with Gasteiger partial charge in [0.15, 0.2) is 0 Å². The first-order valence-corrected chi connectivity index (χ1v) is 6.22.